The second-order valence-electron chi connectivity index (χ2n) is 4.36. The largest absolute Gasteiger partial charge is 0.383 e. The van der Waals surface area contributed by atoms with Crippen LogP contribution >= 0.6 is 0 Å². The van der Waals surface area contributed by atoms with Gasteiger partial charge in [-0.15, -0.1) is 0 Å². The van der Waals surface area contributed by atoms with Gasteiger partial charge in [-0.3, -0.25) is 0 Å². The molecule has 0 bridgehead atoms. The van der Waals surface area contributed by atoms with Crippen LogP contribution in [0.4, 0.5) is 5.69 Å². The van der Waals surface area contributed by atoms with Gasteiger partial charge < -0.3 is 10.1 Å². The van der Waals surface area contributed by atoms with E-state index >= 15 is 0 Å². The molecular weight excluding hydrogens is 210 g/mol. The number of anilines is 1. The topological polar surface area (TPSA) is 21.3 Å². The van der Waals surface area contributed by atoms with Gasteiger partial charge in [0.25, 0.3) is 0 Å². The van der Waals surface area contributed by atoms with Crippen LogP contribution in [0, 0.1) is 0 Å². The van der Waals surface area contributed by atoms with E-state index in [1.165, 1.54) is 11.3 Å². The molecule has 0 amide bonds. The molecule has 0 unspecified atom stereocenters. The van der Waals surface area contributed by atoms with Crippen molar-refractivity contribution in [1.29, 1.82) is 0 Å². The van der Waals surface area contributed by atoms with Gasteiger partial charge in [-0.2, -0.15) is 0 Å². The van der Waals surface area contributed by atoms with E-state index in [2.05, 4.69) is 57.3 Å². The molecule has 0 heterocycles. The number of benzene rings is 1. The van der Waals surface area contributed by atoms with Crippen LogP contribution in [-0.2, 0) is 11.3 Å². The molecule has 0 aliphatic rings. The number of nitrogens with one attached hydrogen (secondary N) is 1. The third kappa shape index (κ3) is 7.81. The van der Waals surface area contributed by atoms with Crippen LogP contribution in [0.15, 0.2) is 24.3 Å². The van der Waals surface area contributed by atoms with Crippen LogP contribution in [0.25, 0.3) is 0 Å². The molecule has 1 N–H and O–H groups in total. The van der Waals surface area contributed by atoms with Crippen LogP contribution in [0.2, 0.25) is 0 Å². The van der Waals surface area contributed by atoms with Gasteiger partial charge in [0.2, 0.25) is 0 Å². The van der Waals surface area contributed by atoms with E-state index in [-0.39, 0.29) is 0 Å². The monoisotopic (exact) mass is 237 g/mol. The zero-order valence-corrected chi connectivity index (χ0v) is 12.1. The van der Waals surface area contributed by atoms with Crippen molar-refractivity contribution in [2.75, 3.05) is 5.32 Å². The second kappa shape index (κ2) is 9.06. The van der Waals surface area contributed by atoms with Gasteiger partial charge >= 0.3 is 0 Å². The molecule has 0 spiro atoms. The van der Waals surface area contributed by atoms with Gasteiger partial charge in [-0.05, 0) is 45.4 Å². The molecule has 0 saturated carbocycles. The highest BCUT2D eigenvalue weighted by atomic mass is 16.5. The summed E-state index contributed by atoms with van der Waals surface area (Å²) in [5.74, 6) is 0. The molecule has 1 aromatic rings. The molecule has 0 saturated heterocycles. The quantitative estimate of drug-likeness (QED) is 0.816. The van der Waals surface area contributed by atoms with Crippen LogP contribution in [0.1, 0.15) is 47.1 Å². The zero-order chi connectivity index (χ0) is 13.3. The normalized spacial score (nSPS) is 10.1. The van der Waals surface area contributed by atoms with Crippen LogP contribution in [-0.4, -0.2) is 12.1 Å². The summed E-state index contributed by atoms with van der Waals surface area (Å²) in [5, 5.41) is 3.36. The van der Waals surface area contributed by atoms with Crippen molar-refractivity contribution < 1.29 is 4.74 Å². The SMILES string of the molecule is CC.CC(C)Nc1ccc(COC(C)C)cc1. The van der Waals surface area contributed by atoms with E-state index in [9.17, 15) is 0 Å². The Labute approximate surface area is 106 Å². The Morgan fingerprint density at radius 3 is 1.94 bits per heavy atom. The fourth-order valence-corrected chi connectivity index (χ4v) is 1.29. The summed E-state index contributed by atoms with van der Waals surface area (Å²) in [7, 11) is 0. The average Bonchev–Trinajstić information content (AvgIpc) is 2.30. The first-order chi connectivity index (χ1) is 8.08. The average molecular weight is 237 g/mol. The summed E-state index contributed by atoms with van der Waals surface area (Å²) in [4.78, 5) is 0. The summed E-state index contributed by atoms with van der Waals surface area (Å²) in [6.45, 7) is 13.1. The summed E-state index contributed by atoms with van der Waals surface area (Å²) in [6, 6.07) is 8.88. The molecule has 0 atom stereocenters. The highest BCUT2D eigenvalue weighted by Gasteiger charge is 1.98. The minimum absolute atomic E-state index is 0.290. The maximum absolute atomic E-state index is 5.53. The summed E-state index contributed by atoms with van der Waals surface area (Å²) >= 11 is 0. The Morgan fingerprint density at radius 2 is 1.53 bits per heavy atom. The fraction of sp³-hybridized carbons (Fsp3) is 0.600. The molecule has 2 nitrogen and oxygen atoms in total. The van der Waals surface area contributed by atoms with Crippen molar-refractivity contribution in [3.8, 4) is 0 Å². The van der Waals surface area contributed by atoms with E-state index in [4.69, 9.17) is 4.74 Å². The van der Waals surface area contributed by atoms with E-state index in [0.29, 0.717) is 18.8 Å². The van der Waals surface area contributed by atoms with Crippen molar-refractivity contribution in [1.82, 2.24) is 0 Å². The molecule has 0 fully saturated rings. The van der Waals surface area contributed by atoms with Gasteiger partial charge in [-0.1, -0.05) is 26.0 Å². The summed E-state index contributed by atoms with van der Waals surface area (Å²) in [5.41, 5.74) is 2.39. The van der Waals surface area contributed by atoms with Gasteiger partial charge in [0.1, 0.15) is 0 Å². The van der Waals surface area contributed by atoms with Crippen molar-refractivity contribution in [3.05, 3.63) is 29.8 Å². The smallest absolute Gasteiger partial charge is 0.0720 e. The number of hydrogen-bond donors (Lipinski definition) is 1. The predicted molar refractivity (Wildman–Crippen MR) is 76.5 cm³/mol. The zero-order valence-electron chi connectivity index (χ0n) is 12.1. The molecule has 0 aliphatic heterocycles. The second-order valence-corrected chi connectivity index (χ2v) is 4.36. The molecule has 2 heteroatoms. The molecule has 0 aromatic heterocycles. The Hall–Kier alpha value is -1.02. The molecule has 1 aromatic carbocycles. The van der Waals surface area contributed by atoms with Crippen molar-refractivity contribution in [2.45, 2.75) is 60.3 Å². The number of ether oxygens (including phenoxy) is 1. The third-order valence-corrected chi connectivity index (χ3v) is 1.99. The summed E-state index contributed by atoms with van der Waals surface area (Å²) in [6.07, 6.45) is 0.290. The molecule has 98 valence electrons. The maximum atomic E-state index is 5.53. The Morgan fingerprint density at radius 1 is 1.00 bits per heavy atom. The lowest BCUT2D eigenvalue weighted by Crippen LogP contribution is -2.09. The molecule has 17 heavy (non-hydrogen) atoms. The lowest BCUT2D eigenvalue weighted by molar-refractivity contribution is 0.0657. The molecular formula is C15H27NO. The van der Waals surface area contributed by atoms with E-state index in [0.717, 1.165) is 0 Å². The van der Waals surface area contributed by atoms with E-state index in [1.807, 2.05) is 13.8 Å². The molecule has 0 radical (unpaired) electrons. The lowest BCUT2D eigenvalue weighted by atomic mass is 10.2. The molecule has 1 rings (SSSR count). The van der Waals surface area contributed by atoms with Crippen molar-refractivity contribution >= 4 is 5.69 Å². The van der Waals surface area contributed by atoms with Gasteiger partial charge in [0, 0.05) is 11.7 Å². The predicted octanol–water partition coefficient (Wildman–Crippen LogP) is 4.46. The standard InChI is InChI=1S/C13H21NO.C2H6/c1-10(2)14-13-7-5-12(6-8-13)9-15-11(3)4;1-2/h5-8,10-11,14H,9H2,1-4H3;1-2H3. The van der Waals surface area contributed by atoms with E-state index < -0.39 is 0 Å². The summed E-state index contributed by atoms with van der Waals surface area (Å²) < 4.78 is 5.53. The number of hydrogen-bond acceptors (Lipinski definition) is 2. The highest BCUT2D eigenvalue weighted by Crippen LogP contribution is 2.11. The van der Waals surface area contributed by atoms with Crippen LogP contribution in [0.5, 0.6) is 0 Å². The maximum Gasteiger partial charge on any atom is 0.0720 e. The Balaban J connectivity index is 0.00000121. The van der Waals surface area contributed by atoms with Crippen LogP contribution < -0.4 is 5.32 Å². The third-order valence-electron chi connectivity index (χ3n) is 1.99. The van der Waals surface area contributed by atoms with Crippen molar-refractivity contribution in [3.63, 3.8) is 0 Å². The minimum atomic E-state index is 0.290. The Bertz CT molecular complexity index is 277. The highest BCUT2D eigenvalue weighted by molar-refractivity contribution is 5.45. The van der Waals surface area contributed by atoms with Crippen molar-refractivity contribution in [2.24, 2.45) is 0 Å². The number of rotatable bonds is 5. The Kier molecular flexibility index (Phi) is 8.51. The van der Waals surface area contributed by atoms with Gasteiger partial charge in [0.05, 0.1) is 12.7 Å². The van der Waals surface area contributed by atoms with Gasteiger partial charge in [-0.25, -0.2) is 0 Å². The first-order valence-corrected chi connectivity index (χ1v) is 6.55. The van der Waals surface area contributed by atoms with Crippen LogP contribution in [0.3, 0.4) is 0 Å². The van der Waals surface area contributed by atoms with Gasteiger partial charge in [0.15, 0.2) is 0 Å². The first kappa shape index (κ1) is 16.0. The van der Waals surface area contributed by atoms with E-state index in [1.54, 1.807) is 0 Å². The first-order valence-electron chi connectivity index (χ1n) is 6.55. The molecule has 0 aliphatic carbocycles. The lowest BCUT2D eigenvalue weighted by Gasteiger charge is -2.11. The minimum Gasteiger partial charge on any atom is -0.383 e. The fourth-order valence-electron chi connectivity index (χ4n) is 1.29.